The molecule has 0 amide bonds. The van der Waals surface area contributed by atoms with Crippen LogP contribution in [0.3, 0.4) is 0 Å². The van der Waals surface area contributed by atoms with Gasteiger partial charge >= 0.3 is 0 Å². The van der Waals surface area contributed by atoms with Crippen molar-refractivity contribution >= 4 is 0 Å². The van der Waals surface area contributed by atoms with Gasteiger partial charge in [-0.3, -0.25) is 26.3 Å². The van der Waals surface area contributed by atoms with E-state index in [9.17, 15) is 5.11 Å². The van der Waals surface area contributed by atoms with Crippen LogP contribution in [0.4, 0.5) is 0 Å². The van der Waals surface area contributed by atoms with Crippen LogP contribution in [0, 0.1) is 5.41 Å². The second-order valence-corrected chi connectivity index (χ2v) is 7.55. The lowest BCUT2D eigenvalue weighted by atomic mass is 9.74. The molecule has 176 valence electrons. The molecule has 0 aliphatic rings. The molecule has 0 saturated carbocycles. The Kier molecular flexibility index (Phi) is 18.1. The molecule has 0 aromatic rings. The van der Waals surface area contributed by atoms with Crippen LogP contribution in [0.2, 0.25) is 0 Å². The minimum atomic E-state index is -1.08. The molecule has 0 aliphatic carbocycles. The molecule has 0 spiro atoms. The molecule has 11 nitrogen and oxygen atoms in total. The Hall–Kier alpha value is -0.440. The van der Waals surface area contributed by atoms with Gasteiger partial charge in [-0.05, 0) is 37.5 Å². The summed E-state index contributed by atoms with van der Waals surface area (Å²) < 4.78 is 0. The van der Waals surface area contributed by atoms with E-state index in [0.717, 1.165) is 32.1 Å². The van der Waals surface area contributed by atoms with E-state index in [2.05, 4.69) is 24.4 Å². The molecule has 0 unspecified atom stereocenters. The van der Waals surface area contributed by atoms with Crippen LogP contribution < -0.4 is 0 Å². The summed E-state index contributed by atoms with van der Waals surface area (Å²) in [7, 11) is 0. The minimum Gasteiger partial charge on any atom is -0.390 e. The highest BCUT2D eigenvalue weighted by Gasteiger charge is 2.30. The fraction of sp³-hybridized carbons (Fsp3) is 1.00. The maximum absolute atomic E-state index is 10.6. The average Bonchev–Trinajstić information content (AvgIpc) is 2.74. The van der Waals surface area contributed by atoms with E-state index in [1.807, 2.05) is 0 Å². The first kappa shape index (κ1) is 28.6. The van der Waals surface area contributed by atoms with E-state index < -0.39 is 5.60 Å². The fourth-order valence-corrected chi connectivity index (χ4v) is 3.69. The molecule has 0 saturated heterocycles. The van der Waals surface area contributed by atoms with Crippen molar-refractivity contribution in [2.45, 2.75) is 76.2 Å². The number of hydrogen-bond acceptors (Lipinski definition) is 11. The van der Waals surface area contributed by atoms with Crippen LogP contribution in [-0.2, 0) is 24.4 Å². The summed E-state index contributed by atoms with van der Waals surface area (Å²) in [5.41, 5.74) is -1.39. The highest BCUT2D eigenvalue weighted by Crippen LogP contribution is 2.37. The normalized spacial score (nSPS) is 12.6. The van der Waals surface area contributed by atoms with Crippen molar-refractivity contribution in [3.63, 3.8) is 0 Å². The summed E-state index contributed by atoms with van der Waals surface area (Å²) in [4.78, 5) is 20.7. The maximum atomic E-state index is 10.6. The molecule has 0 atom stereocenters. The zero-order valence-corrected chi connectivity index (χ0v) is 17.0. The van der Waals surface area contributed by atoms with Gasteiger partial charge in [-0.15, -0.1) is 0 Å². The van der Waals surface area contributed by atoms with Gasteiger partial charge in [-0.25, -0.2) is 24.4 Å². The zero-order valence-electron chi connectivity index (χ0n) is 17.0. The SMILES string of the molecule is OOCCC(O)(CCCCCCC(CCOO)(CCOO)CCOO)CCOO. The Morgan fingerprint density at radius 1 is 0.414 bits per heavy atom. The minimum absolute atomic E-state index is 0.00275. The van der Waals surface area contributed by atoms with Gasteiger partial charge in [0.25, 0.3) is 0 Å². The molecule has 6 N–H and O–H groups in total. The Bertz CT molecular complexity index is 327. The van der Waals surface area contributed by atoms with Crippen LogP contribution in [0.25, 0.3) is 0 Å². The topological polar surface area (TPSA) is 168 Å². The maximum Gasteiger partial charge on any atom is 0.0847 e. The van der Waals surface area contributed by atoms with Crippen LogP contribution >= 0.6 is 0 Å². The average molecular weight is 430 g/mol. The molecule has 0 aromatic carbocycles. The van der Waals surface area contributed by atoms with Crippen LogP contribution in [0.15, 0.2) is 0 Å². The summed E-state index contributed by atoms with van der Waals surface area (Å²) >= 11 is 0. The molecule has 0 radical (unpaired) electrons. The van der Waals surface area contributed by atoms with Crippen molar-refractivity contribution in [3.05, 3.63) is 0 Å². The Labute approximate surface area is 171 Å². The first-order valence-corrected chi connectivity index (χ1v) is 10.1. The van der Waals surface area contributed by atoms with E-state index in [-0.39, 0.29) is 51.3 Å². The molecular weight excluding hydrogens is 392 g/mol. The van der Waals surface area contributed by atoms with Crippen molar-refractivity contribution in [3.8, 4) is 0 Å². The summed E-state index contributed by atoms with van der Waals surface area (Å²) in [5, 5.41) is 53.6. The number of aliphatic hydroxyl groups is 1. The van der Waals surface area contributed by atoms with Crippen molar-refractivity contribution < 1.29 is 55.8 Å². The molecule has 29 heavy (non-hydrogen) atoms. The molecule has 0 rings (SSSR count). The van der Waals surface area contributed by atoms with Crippen LogP contribution in [-0.4, -0.2) is 70.0 Å². The zero-order chi connectivity index (χ0) is 21.8. The first-order valence-electron chi connectivity index (χ1n) is 10.1. The molecular formula is C18H38O11. The first-order chi connectivity index (χ1) is 14.0. The van der Waals surface area contributed by atoms with Crippen LogP contribution in [0.1, 0.15) is 70.6 Å². The third-order valence-corrected chi connectivity index (χ3v) is 5.59. The number of unbranched alkanes of at least 4 members (excludes halogenated alkanes) is 3. The third kappa shape index (κ3) is 14.2. The lowest BCUT2D eigenvalue weighted by molar-refractivity contribution is -0.264. The molecule has 11 heteroatoms. The van der Waals surface area contributed by atoms with Gasteiger partial charge in [0, 0.05) is 12.8 Å². The molecule has 0 fully saturated rings. The standard InChI is InChI=1S/C18H38O11/c19-18(10-15-28-23,11-16-29-24)6-4-2-1-3-5-17(7-12-25-20,8-13-26-21)9-14-27-22/h19-24H,1-16H2. The van der Waals surface area contributed by atoms with Crippen molar-refractivity contribution in [1.82, 2.24) is 0 Å². The Morgan fingerprint density at radius 3 is 1.14 bits per heavy atom. The molecule has 0 heterocycles. The summed E-state index contributed by atoms with van der Waals surface area (Å²) in [6, 6.07) is 0. The number of hydrogen-bond donors (Lipinski definition) is 6. The van der Waals surface area contributed by atoms with Gasteiger partial charge in [-0.1, -0.05) is 25.7 Å². The van der Waals surface area contributed by atoms with E-state index in [1.165, 1.54) is 0 Å². The highest BCUT2D eigenvalue weighted by molar-refractivity contribution is 4.80. The molecule has 0 aromatic heterocycles. The van der Waals surface area contributed by atoms with Gasteiger partial charge < -0.3 is 5.11 Å². The predicted molar refractivity (Wildman–Crippen MR) is 101 cm³/mol. The summed E-state index contributed by atoms with van der Waals surface area (Å²) in [6.07, 6.45) is 6.67. The second-order valence-electron chi connectivity index (χ2n) is 7.55. The van der Waals surface area contributed by atoms with Crippen LogP contribution in [0.5, 0.6) is 0 Å². The Morgan fingerprint density at radius 2 is 0.759 bits per heavy atom. The second kappa shape index (κ2) is 18.3. The third-order valence-electron chi connectivity index (χ3n) is 5.59. The van der Waals surface area contributed by atoms with Gasteiger partial charge in [-0.2, -0.15) is 0 Å². The van der Waals surface area contributed by atoms with Crippen molar-refractivity contribution in [2.75, 3.05) is 33.0 Å². The van der Waals surface area contributed by atoms with Crippen molar-refractivity contribution in [2.24, 2.45) is 5.41 Å². The van der Waals surface area contributed by atoms with E-state index >= 15 is 0 Å². The summed E-state index contributed by atoms with van der Waals surface area (Å²) in [5.74, 6) is 0. The molecule has 0 aliphatic heterocycles. The lowest BCUT2D eigenvalue weighted by Gasteiger charge is -2.33. The quantitative estimate of drug-likeness (QED) is 0.0845. The van der Waals surface area contributed by atoms with E-state index in [1.54, 1.807) is 0 Å². The van der Waals surface area contributed by atoms with E-state index in [0.29, 0.717) is 25.7 Å². The monoisotopic (exact) mass is 430 g/mol. The van der Waals surface area contributed by atoms with Gasteiger partial charge in [0.2, 0.25) is 0 Å². The lowest BCUT2D eigenvalue weighted by Crippen LogP contribution is -2.32. The van der Waals surface area contributed by atoms with Gasteiger partial charge in [0.1, 0.15) is 0 Å². The Balaban J connectivity index is 4.45. The fourth-order valence-electron chi connectivity index (χ4n) is 3.69. The molecule has 0 bridgehead atoms. The largest absolute Gasteiger partial charge is 0.390 e. The van der Waals surface area contributed by atoms with Gasteiger partial charge in [0.05, 0.1) is 38.6 Å². The number of rotatable bonds is 22. The van der Waals surface area contributed by atoms with E-state index in [4.69, 9.17) is 26.3 Å². The predicted octanol–water partition coefficient (Wildman–Crippen LogP) is 3.44. The highest BCUT2D eigenvalue weighted by atomic mass is 17.1. The smallest absolute Gasteiger partial charge is 0.0847 e. The van der Waals surface area contributed by atoms with Gasteiger partial charge in [0.15, 0.2) is 0 Å². The van der Waals surface area contributed by atoms with Crippen molar-refractivity contribution in [1.29, 1.82) is 0 Å². The summed E-state index contributed by atoms with van der Waals surface area (Å²) in [6.45, 7) is 0.381.